The average molecular weight is 494 g/mol. The van der Waals surface area contributed by atoms with Gasteiger partial charge in [0.25, 0.3) is 15.9 Å². The second kappa shape index (κ2) is 10.3. The summed E-state index contributed by atoms with van der Waals surface area (Å²) < 4.78 is 38.4. The maximum Gasteiger partial charge on any atom is 0.278 e. The van der Waals surface area contributed by atoms with Crippen molar-refractivity contribution in [3.63, 3.8) is 0 Å². The summed E-state index contributed by atoms with van der Waals surface area (Å²) in [7, 11) is -4.21. The molecule has 3 aromatic rings. The number of ether oxygens (including phenoxy) is 2. The number of carbonyl (C=O) groups excluding carboxylic acids is 1. The van der Waals surface area contributed by atoms with E-state index in [0.717, 1.165) is 5.56 Å². The third-order valence-corrected chi connectivity index (χ3v) is 6.72. The molecule has 3 aromatic carbocycles. The van der Waals surface area contributed by atoms with Crippen molar-refractivity contribution in [3.8, 4) is 11.5 Å². The highest BCUT2D eigenvalue weighted by atomic mass is 35.5. The normalized spacial score (nSPS) is 11.1. The summed E-state index contributed by atoms with van der Waals surface area (Å²) in [6.07, 6.45) is 0. The Hall–Kier alpha value is -2.74. The van der Waals surface area contributed by atoms with Gasteiger partial charge in [0.2, 0.25) is 0 Å². The second-order valence-corrected chi connectivity index (χ2v) is 9.40. The van der Waals surface area contributed by atoms with Crippen LogP contribution < -0.4 is 13.8 Å². The van der Waals surface area contributed by atoms with Crippen LogP contribution in [0.3, 0.4) is 0 Å². The van der Waals surface area contributed by atoms with Gasteiger partial charge in [-0.05, 0) is 62.4 Å². The molecule has 0 aliphatic heterocycles. The van der Waals surface area contributed by atoms with Gasteiger partial charge in [0.05, 0.1) is 22.2 Å². The van der Waals surface area contributed by atoms with E-state index in [-0.39, 0.29) is 21.4 Å². The topological polar surface area (TPSA) is 72.9 Å². The number of hydrogen-bond acceptors (Lipinski definition) is 5. The SMILES string of the molecule is CCOc1ccc(N(C(=O)COc2cc(Cl)ccc2Cl)S(=O)(=O)c2ccc(C)cc2)cc1. The Bertz CT molecular complexity index is 1200. The number of hydrogen-bond donors (Lipinski definition) is 0. The van der Waals surface area contributed by atoms with Crippen LogP contribution in [0.1, 0.15) is 12.5 Å². The fourth-order valence-electron chi connectivity index (χ4n) is 2.86. The van der Waals surface area contributed by atoms with Crippen LogP contribution in [0.15, 0.2) is 71.6 Å². The van der Waals surface area contributed by atoms with Crippen LogP contribution >= 0.6 is 23.2 Å². The Morgan fingerprint density at radius 1 is 0.938 bits per heavy atom. The third kappa shape index (κ3) is 5.54. The van der Waals surface area contributed by atoms with Crippen LogP contribution in [0, 0.1) is 6.92 Å². The van der Waals surface area contributed by atoms with E-state index in [0.29, 0.717) is 21.7 Å². The lowest BCUT2D eigenvalue weighted by molar-refractivity contribution is -0.119. The lowest BCUT2D eigenvalue weighted by Gasteiger charge is -2.23. The maximum absolute atomic E-state index is 13.4. The van der Waals surface area contributed by atoms with Gasteiger partial charge in [0.15, 0.2) is 6.61 Å². The average Bonchev–Trinajstić information content (AvgIpc) is 2.76. The lowest BCUT2D eigenvalue weighted by Crippen LogP contribution is -2.40. The van der Waals surface area contributed by atoms with Gasteiger partial charge >= 0.3 is 0 Å². The molecule has 1 amide bonds. The molecule has 6 nitrogen and oxygen atoms in total. The molecule has 0 spiro atoms. The monoisotopic (exact) mass is 493 g/mol. The fourth-order valence-corrected chi connectivity index (χ4v) is 4.61. The molecule has 0 saturated carbocycles. The number of carbonyl (C=O) groups is 1. The van der Waals surface area contributed by atoms with E-state index >= 15 is 0 Å². The molecule has 3 rings (SSSR count). The summed E-state index contributed by atoms with van der Waals surface area (Å²) in [5.74, 6) is -0.0731. The molecule has 0 atom stereocenters. The van der Waals surface area contributed by atoms with Crippen molar-refractivity contribution in [3.05, 3.63) is 82.3 Å². The van der Waals surface area contributed by atoms with Crippen LogP contribution in [-0.2, 0) is 14.8 Å². The van der Waals surface area contributed by atoms with Gasteiger partial charge in [-0.2, -0.15) is 4.31 Å². The summed E-state index contributed by atoms with van der Waals surface area (Å²) in [6.45, 7) is 3.56. The van der Waals surface area contributed by atoms with Crippen LogP contribution in [0.2, 0.25) is 10.0 Å². The van der Waals surface area contributed by atoms with E-state index in [1.54, 1.807) is 30.3 Å². The van der Waals surface area contributed by atoms with E-state index in [9.17, 15) is 13.2 Å². The minimum Gasteiger partial charge on any atom is -0.494 e. The highest BCUT2D eigenvalue weighted by Gasteiger charge is 2.31. The summed E-state index contributed by atoms with van der Waals surface area (Å²) in [6, 6.07) is 17.0. The van der Waals surface area contributed by atoms with Crippen molar-refractivity contribution in [2.75, 3.05) is 17.5 Å². The molecule has 168 valence electrons. The molecule has 0 radical (unpaired) electrons. The van der Waals surface area contributed by atoms with E-state index in [2.05, 4.69) is 0 Å². The predicted octanol–water partition coefficient (Wildman–Crippen LogP) is 5.50. The molecule has 32 heavy (non-hydrogen) atoms. The van der Waals surface area contributed by atoms with Crippen LogP contribution in [0.5, 0.6) is 11.5 Å². The van der Waals surface area contributed by atoms with Crippen molar-refractivity contribution in [1.82, 2.24) is 0 Å². The number of rotatable bonds is 8. The molecule has 0 fully saturated rings. The second-order valence-electron chi connectivity index (χ2n) is 6.77. The van der Waals surface area contributed by atoms with Crippen molar-refractivity contribution < 1.29 is 22.7 Å². The molecule has 0 unspecified atom stereocenters. The van der Waals surface area contributed by atoms with Crippen LogP contribution in [0.4, 0.5) is 5.69 Å². The third-order valence-electron chi connectivity index (χ3n) is 4.41. The van der Waals surface area contributed by atoms with Crippen molar-refractivity contribution >= 4 is 44.8 Å². The van der Waals surface area contributed by atoms with Gasteiger partial charge in [-0.25, -0.2) is 8.42 Å². The van der Waals surface area contributed by atoms with Gasteiger partial charge < -0.3 is 9.47 Å². The molecule has 0 saturated heterocycles. The summed E-state index contributed by atoms with van der Waals surface area (Å²) in [4.78, 5) is 13.1. The maximum atomic E-state index is 13.4. The van der Waals surface area contributed by atoms with Gasteiger partial charge in [0, 0.05) is 11.1 Å². The number of amides is 1. The Morgan fingerprint density at radius 2 is 1.59 bits per heavy atom. The smallest absolute Gasteiger partial charge is 0.278 e. The summed E-state index contributed by atoms with van der Waals surface area (Å²) in [5, 5.41) is 0.615. The molecule has 0 heterocycles. The first-order valence-corrected chi connectivity index (χ1v) is 11.9. The van der Waals surface area contributed by atoms with E-state index < -0.39 is 22.5 Å². The highest BCUT2D eigenvalue weighted by molar-refractivity contribution is 7.93. The van der Waals surface area contributed by atoms with Crippen LogP contribution in [-0.4, -0.2) is 27.5 Å². The molecule has 0 aliphatic carbocycles. The van der Waals surface area contributed by atoms with Gasteiger partial charge in [-0.1, -0.05) is 40.9 Å². The molecule has 0 bridgehead atoms. The number of nitrogens with zero attached hydrogens (tertiary/aromatic N) is 1. The first-order valence-electron chi connectivity index (χ1n) is 9.68. The minimum atomic E-state index is -4.21. The van der Waals surface area contributed by atoms with E-state index in [1.807, 2.05) is 13.8 Å². The minimum absolute atomic E-state index is 0.0221. The largest absolute Gasteiger partial charge is 0.494 e. The first kappa shape index (κ1) is 23.9. The molecule has 0 N–H and O–H groups in total. The Labute approximate surface area is 197 Å². The number of halogens is 2. The standard InChI is InChI=1S/C23H21Cl2NO5S/c1-3-30-19-9-7-18(8-10-19)26(32(28,29)20-11-4-16(2)5-12-20)23(27)15-31-22-14-17(24)6-13-21(22)25/h4-14H,3,15H2,1-2H3. The zero-order valence-electron chi connectivity index (χ0n) is 17.4. The summed E-state index contributed by atoms with van der Waals surface area (Å²) >= 11 is 12.0. The summed E-state index contributed by atoms with van der Waals surface area (Å²) in [5.41, 5.74) is 1.04. The zero-order chi connectivity index (χ0) is 23.3. The lowest BCUT2D eigenvalue weighted by atomic mass is 10.2. The molecular formula is C23H21Cl2NO5S. The van der Waals surface area contributed by atoms with Gasteiger partial charge in [0.1, 0.15) is 11.5 Å². The Kier molecular flexibility index (Phi) is 7.66. The van der Waals surface area contributed by atoms with Gasteiger partial charge in [-0.3, -0.25) is 4.79 Å². The van der Waals surface area contributed by atoms with Gasteiger partial charge in [-0.15, -0.1) is 0 Å². The Morgan fingerprint density at radius 3 is 2.22 bits per heavy atom. The highest BCUT2D eigenvalue weighted by Crippen LogP contribution is 2.29. The number of anilines is 1. The quantitative estimate of drug-likeness (QED) is 0.414. The fraction of sp³-hybridized carbons (Fsp3) is 0.174. The van der Waals surface area contributed by atoms with Crippen LogP contribution in [0.25, 0.3) is 0 Å². The number of sulfonamides is 1. The first-order chi connectivity index (χ1) is 15.2. The molecule has 9 heteroatoms. The zero-order valence-corrected chi connectivity index (χ0v) is 19.7. The van der Waals surface area contributed by atoms with E-state index in [4.69, 9.17) is 32.7 Å². The van der Waals surface area contributed by atoms with Crippen molar-refractivity contribution in [2.24, 2.45) is 0 Å². The van der Waals surface area contributed by atoms with Crippen molar-refractivity contribution in [2.45, 2.75) is 18.7 Å². The molecule has 0 aliphatic rings. The molecule has 0 aromatic heterocycles. The Balaban J connectivity index is 1.96. The number of aryl methyl sites for hydroxylation is 1. The molecular weight excluding hydrogens is 473 g/mol. The van der Waals surface area contributed by atoms with Crippen molar-refractivity contribution in [1.29, 1.82) is 0 Å². The number of benzene rings is 3. The predicted molar refractivity (Wildman–Crippen MR) is 125 cm³/mol. The van der Waals surface area contributed by atoms with E-state index in [1.165, 1.54) is 36.4 Å².